The fourth-order valence-corrected chi connectivity index (χ4v) is 2.64. The predicted molar refractivity (Wildman–Crippen MR) is 78.5 cm³/mol. The molecule has 0 saturated heterocycles. The van der Waals surface area contributed by atoms with Gasteiger partial charge < -0.3 is 14.7 Å². The third-order valence-corrected chi connectivity index (χ3v) is 3.78. The molecule has 20 heavy (non-hydrogen) atoms. The Labute approximate surface area is 119 Å². The molecule has 6 heteroatoms. The van der Waals surface area contributed by atoms with Gasteiger partial charge in [0.2, 0.25) is 0 Å². The summed E-state index contributed by atoms with van der Waals surface area (Å²) in [6.45, 7) is 0. The number of carbonyl (C=O) groups excluding carboxylic acids is 1. The number of aromatic nitrogens is 3. The van der Waals surface area contributed by atoms with E-state index in [2.05, 4.69) is 15.0 Å². The van der Waals surface area contributed by atoms with Crippen LogP contribution in [-0.2, 0) is 0 Å². The molecule has 2 aromatic heterocycles. The summed E-state index contributed by atoms with van der Waals surface area (Å²) in [7, 11) is 1.63. The summed E-state index contributed by atoms with van der Waals surface area (Å²) < 4.78 is 5.17. The zero-order valence-corrected chi connectivity index (χ0v) is 11.7. The zero-order valence-electron chi connectivity index (χ0n) is 10.8. The molecule has 0 aliphatic carbocycles. The highest BCUT2D eigenvalue weighted by Crippen LogP contribution is 2.23. The van der Waals surface area contributed by atoms with Gasteiger partial charge in [-0.05, 0) is 24.3 Å². The van der Waals surface area contributed by atoms with Crippen molar-refractivity contribution in [1.29, 1.82) is 0 Å². The van der Waals surface area contributed by atoms with Gasteiger partial charge in [-0.3, -0.25) is 4.79 Å². The Balaban J connectivity index is 1.73. The molecule has 2 heterocycles. The Hall–Kier alpha value is -2.21. The average Bonchev–Trinajstić information content (AvgIpc) is 3.12. The molecule has 3 rings (SSSR count). The van der Waals surface area contributed by atoms with E-state index in [9.17, 15) is 4.79 Å². The highest BCUT2D eigenvalue weighted by Gasteiger charge is 2.10. The van der Waals surface area contributed by atoms with E-state index in [0.29, 0.717) is 11.4 Å². The molecule has 0 spiro atoms. The van der Waals surface area contributed by atoms with Gasteiger partial charge in [0.05, 0.1) is 29.6 Å². The number of methoxy groups -OCH3 is 1. The number of ketones is 1. The van der Waals surface area contributed by atoms with Gasteiger partial charge in [-0.15, -0.1) is 0 Å². The molecule has 1 aromatic carbocycles. The van der Waals surface area contributed by atoms with Crippen molar-refractivity contribution in [2.45, 2.75) is 5.16 Å². The minimum Gasteiger partial charge on any atom is -0.497 e. The van der Waals surface area contributed by atoms with Crippen molar-refractivity contribution in [3.8, 4) is 5.75 Å². The van der Waals surface area contributed by atoms with Crippen molar-refractivity contribution in [2.24, 2.45) is 0 Å². The van der Waals surface area contributed by atoms with Crippen LogP contribution in [0.3, 0.4) is 0 Å². The number of benzene rings is 1. The van der Waals surface area contributed by atoms with Gasteiger partial charge in [0.1, 0.15) is 5.75 Å². The van der Waals surface area contributed by atoms with Crippen molar-refractivity contribution in [1.82, 2.24) is 15.0 Å². The van der Waals surface area contributed by atoms with Crippen molar-refractivity contribution in [3.63, 3.8) is 0 Å². The van der Waals surface area contributed by atoms with Crippen LogP contribution in [0, 0.1) is 0 Å². The molecule has 5 nitrogen and oxygen atoms in total. The summed E-state index contributed by atoms with van der Waals surface area (Å²) in [5, 5.41) is 0.730. The molecule has 0 bridgehead atoms. The van der Waals surface area contributed by atoms with Gasteiger partial charge in [-0.2, -0.15) is 0 Å². The topological polar surface area (TPSA) is 70.8 Å². The van der Waals surface area contributed by atoms with Crippen molar-refractivity contribution in [3.05, 3.63) is 42.2 Å². The monoisotopic (exact) mass is 287 g/mol. The van der Waals surface area contributed by atoms with Gasteiger partial charge in [-0.25, -0.2) is 4.98 Å². The minimum atomic E-state index is 0.0537. The molecule has 3 aromatic rings. The molecule has 2 N–H and O–H groups in total. The Bertz CT molecular complexity index is 734. The molecule has 0 atom stereocenters. The summed E-state index contributed by atoms with van der Waals surface area (Å²) in [6.07, 6.45) is 1.74. The molecule has 0 aliphatic heterocycles. The van der Waals surface area contributed by atoms with Crippen LogP contribution in [0.2, 0.25) is 0 Å². The third-order valence-electron chi connectivity index (χ3n) is 2.91. The van der Waals surface area contributed by atoms with Gasteiger partial charge in [0, 0.05) is 12.3 Å². The van der Waals surface area contributed by atoms with Crippen LogP contribution in [0.5, 0.6) is 5.75 Å². The molecule has 102 valence electrons. The van der Waals surface area contributed by atoms with Gasteiger partial charge in [0.15, 0.2) is 10.9 Å². The fourth-order valence-electron chi connectivity index (χ4n) is 1.88. The first-order valence-electron chi connectivity index (χ1n) is 6.09. The van der Waals surface area contributed by atoms with Gasteiger partial charge >= 0.3 is 0 Å². The van der Waals surface area contributed by atoms with Crippen molar-refractivity contribution < 1.29 is 9.53 Å². The number of nitrogens with zero attached hydrogens (tertiary/aromatic N) is 1. The first-order chi connectivity index (χ1) is 9.76. The zero-order chi connectivity index (χ0) is 13.9. The number of carbonyl (C=O) groups is 1. The molecule has 0 amide bonds. The normalized spacial score (nSPS) is 10.8. The molecule has 0 fully saturated rings. The number of nitrogens with one attached hydrogen (secondary N) is 2. The van der Waals surface area contributed by atoms with Gasteiger partial charge in [0.25, 0.3) is 0 Å². The second-order valence-corrected chi connectivity index (χ2v) is 5.18. The van der Waals surface area contributed by atoms with Crippen molar-refractivity contribution in [2.75, 3.05) is 12.9 Å². The standard InChI is InChI=1S/C14H13N3O2S/c1-19-9-4-5-10-12(7-9)17-14(16-10)20-8-13(18)11-3-2-6-15-11/h2-7,15H,8H2,1H3,(H,16,17). The number of Topliss-reactive ketones (excluding diaryl/α,β-unsaturated/α-hetero) is 1. The molecule has 0 unspecified atom stereocenters. The maximum absolute atomic E-state index is 11.9. The summed E-state index contributed by atoms with van der Waals surface area (Å²) >= 11 is 1.39. The van der Waals surface area contributed by atoms with Crippen LogP contribution in [0.25, 0.3) is 11.0 Å². The Morgan fingerprint density at radius 3 is 3.05 bits per heavy atom. The van der Waals surface area contributed by atoms with Crippen LogP contribution in [-0.4, -0.2) is 33.6 Å². The molecule has 0 radical (unpaired) electrons. The van der Waals surface area contributed by atoms with Crippen LogP contribution in [0.15, 0.2) is 41.7 Å². The van der Waals surface area contributed by atoms with Crippen LogP contribution in [0.1, 0.15) is 10.5 Å². The fraction of sp³-hybridized carbons (Fsp3) is 0.143. The number of hydrogen-bond donors (Lipinski definition) is 2. The quantitative estimate of drug-likeness (QED) is 0.559. The lowest BCUT2D eigenvalue weighted by molar-refractivity contribution is 0.101. The minimum absolute atomic E-state index is 0.0537. The smallest absolute Gasteiger partial charge is 0.189 e. The predicted octanol–water partition coefficient (Wildman–Crippen LogP) is 2.87. The van der Waals surface area contributed by atoms with E-state index < -0.39 is 0 Å². The van der Waals surface area contributed by atoms with Crippen molar-refractivity contribution >= 4 is 28.6 Å². The largest absolute Gasteiger partial charge is 0.497 e. The number of ether oxygens (including phenoxy) is 1. The van der Waals surface area contributed by atoms with E-state index in [4.69, 9.17) is 4.74 Å². The lowest BCUT2D eigenvalue weighted by Gasteiger charge is -1.96. The highest BCUT2D eigenvalue weighted by molar-refractivity contribution is 7.99. The Morgan fingerprint density at radius 1 is 1.40 bits per heavy atom. The maximum Gasteiger partial charge on any atom is 0.189 e. The second kappa shape index (κ2) is 5.42. The second-order valence-electron chi connectivity index (χ2n) is 4.22. The summed E-state index contributed by atoms with van der Waals surface area (Å²) in [5.74, 6) is 1.18. The molecule has 0 saturated carbocycles. The summed E-state index contributed by atoms with van der Waals surface area (Å²) in [6, 6.07) is 9.22. The number of fused-ring (bicyclic) bond motifs is 1. The number of rotatable bonds is 5. The summed E-state index contributed by atoms with van der Waals surface area (Å²) in [4.78, 5) is 22.4. The van der Waals surface area contributed by atoms with E-state index in [-0.39, 0.29) is 5.78 Å². The lowest BCUT2D eigenvalue weighted by atomic mass is 10.3. The van der Waals surface area contributed by atoms with Crippen LogP contribution >= 0.6 is 11.8 Å². The maximum atomic E-state index is 11.9. The molecular weight excluding hydrogens is 274 g/mol. The third kappa shape index (κ3) is 2.55. The first-order valence-corrected chi connectivity index (χ1v) is 7.08. The van der Waals surface area contributed by atoms with Gasteiger partial charge in [-0.1, -0.05) is 11.8 Å². The number of H-pyrrole nitrogens is 2. The van der Waals surface area contributed by atoms with Crippen LogP contribution < -0.4 is 4.74 Å². The van der Waals surface area contributed by atoms with E-state index >= 15 is 0 Å². The van der Waals surface area contributed by atoms with E-state index in [1.165, 1.54) is 11.8 Å². The lowest BCUT2D eigenvalue weighted by Crippen LogP contribution is -2.02. The summed E-state index contributed by atoms with van der Waals surface area (Å²) in [5.41, 5.74) is 2.38. The molecule has 0 aliphatic rings. The number of aromatic amines is 2. The van der Waals surface area contributed by atoms with E-state index in [1.54, 1.807) is 19.4 Å². The average molecular weight is 287 g/mol. The number of thioether (sulfide) groups is 1. The van der Waals surface area contributed by atoms with Crippen LogP contribution in [0.4, 0.5) is 0 Å². The molecular formula is C14H13N3O2S. The first kappa shape index (κ1) is 12.8. The SMILES string of the molecule is COc1ccc2nc(SCC(=O)c3ccc[nH]3)[nH]c2c1. The van der Waals surface area contributed by atoms with E-state index in [0.717, 1.165) is 21.9 Å². The Morgan fingerprint density at radius 2 is 2.30 bits per heavy atom. The highest BCUT2D eigenvalue weighted by atomic mass is 32.2. The number of hydrogen-bond acceptors (Lipinski definition) is 4. The van der Waals surface area contributed by atoms with E-state index in [1.807, 2.05) is 24.3 Å². The number of imidazole rings is 1. The Kier molecular flexibility index (Phi) is 3.47.